The number of thiazole rings is 1. The summed E-state index contributed by atoms with van der Waals surface area (Å²) in [4.78, 5) is 4.42. The van der Waals surface area contributed by atoms with Crippen LogP contribution in [0.2, 0.25) is 0 Å². The van der Waals surface area contributed by atoms with E-state index in [2.05, 4.69) is 4.98 Å². The fourth-order valence-electron chi connectivity index (χ4n) is 1.92. The molecule has 0 spiro atoms. The number of phenols is 1. The van der Waals surface area contributed by atoms with Gasteiger partial charge in [-0.1, -0.05) is 18.2 Å². The van der Waals surface area contributed by atoms with Crippen molar-refractivity contribution >= 4 is 21.6 Å². The minimum absolute atomic E-state index is 0.0771. The summed E-state index contributed by atoms with van der Waals surface area (Å²) in [6.45, 7) is 1.97. The predicted octanol–water partition coefficient (Wildman–Crippen LogP) is 4.12. The van der Waals surface area contributed by atoms with Crippen molar-refractivity contribution in [2.45, 2.75) is 6.92 Å². The van der Waals surface area contributed by atoms with E-state index in [0.717, 1.165) is 15.8 Å². The van der Waals surface area contributed by atoms with Crippen molar-refractivity contribution in [1.29, 1.82) is 0 Å². The molecule has 1 N–H and O–H groups in total. The van der Waals surface area contributed by atoms with E-state index in [1.54, 1.807) is 0 Å². The molecule has 0 bridgehead atoms. The summed E-state index contributed by atoms with van der Waals surface area (Å²) < 4.78 is 14.8. The lowest BCUT2D eigenvalue weighted by Crippen LogP contribution is -1.84. The van der Waals surface area contributed by atoms with E-state index in [-0.39, 0.29) is 11.3 Å². The number of hydrogen-bond donors (Lipinski definition) is 1. The first-order chi connectivity index (χ1) is 8.66. The topological polar surface area (TPSA) is 33.1 Å². The molecular weight excluding hydrogens is 249 g/mol. The third kappa shape index (κ3) is 1.66. The van der Waals surface area contributed by atoms with Crippen LogP contribution < -0.4 is 0 Å². The lowest BCUT2D eigenvalue weighted by molar-refractivity contribution is 0.472. The first-order valence-corrected chi connectivity index (χ1v) is 6.32. The molecule has 18 heavy (non-hydrogen) atoms. The maximum absolute atomic E-state index is 13.8. The highest BCUT2D eigenvalue weighted by Gasteiger charge is 2.15. The molecule has 0 amide bonds. The molecule has 2 nitrogen and oxygen atoms in total. The first kappa shape index (κ1) is 11.2. The van der Waals surface area contributed by atoms with Crippen LogP contribution in [-0.2, 0) is 0 Å². The van der Waals surface area contributed by atoms with Gasteiger partial charge in [0.05, 0.1) is 15.8 Å². The number of phenolic OH excluding ortho intramolecular Hbond substituents is 1. The van der Waals surface area contributed by atoms with Gasteiger partial charge < -0.3 is 5.11 Å². The highest BCUT2D eigenvalue weighted by Crippen LogP contribution is 2.37. The van der Waals surface area contributed by atoms with E-state index in [4.69, 9.17) is 0 Å². The van der Waals surface area contributed by atoms with Crippen LogP contribution in [0.5, 0.6) is 5.75 Å². The Morgan fingerprint density at radius 2 is 1.94 bits per heavy atom. The van der Waals surface area contributed by atoms with Gasteiger partial charge in [-0.2, -0.15) is 0 Å². The zero-order valence-corrected chi connectivity index (χ0v) is 10.5. The molecule has 0 radical (unpaired) electrons. The van der Waals surface area contributed by atoms with Crippen molar-refractivity contribution in [3.8, 4) is 16.3 Å². The number of halogens is 1. The zero-order valence-electron chi connectivity index (χ0n) is 9.64. The van der Waals surface area contributed by atoms with Crippen LogP contribution >= 0.6 is 11.3 Å². The maximum atomic E-state index is 13.8. The number of hydrogen-bond acceptors (Lipinski definition) is 3. The number of para-hydroxylation sites is 1. The standard InChI is InChI=1S/C14H10FNOS/c1-8-4-2-7-11-13(8)16-14(18-11)12-9(15)5-3-6-10(12)17/h2-7,17H,1H3. The highest BCUT2D eigenvalue weighted by atomic mass is 32.1. The number of aromatic nitrogens is 1. The monoisotopic (exact) mass is 259 g/mol. The number of aromatic hydroxyl groups is 1. The number of aryl methyl sites for hydroxylation is 1. The average Bonchev–Trinajstić information content (AvgIpc) is 2.74. The van der Waals surface area contributed by atoms with Crippen LogP contribution in [0.3, 0.4) is 0 Å². The fourth-order valence-corrected chi connectivity index (χ4v) is 3.02. The van der Waals surface area contributed by atoms with Crippen molar-refractivity contribution in [3.05, 3.63) is 47.8 Å². The Bertz CT molecular complexity index is 715. The minimum Gasteiger partial charge on any atom is -0.507 e. The third-order valence-electron chi connectivity index (χ3n) is 2.83. The quantitative estimate of drug-likeness (QED) is 0.713. The summed E-state index contributed by atoms with van der Waals surface area (Å²) in [7, 11) is 0. The molecule has 0 saturated heterocycles. The van der Waals surface area contributed by atoms with Crippen LogP contribution in [0.1, 0.15) is 5.56 Å². The fraction of sp³-hybridized carbons (Fsp3) is 0.0714. The molecular formula is C14H10FNOS. The maximum Gasteiger partial charge on any atom is 0.137 e. The van der Waals surface area contributed by atoms with Gasteiger partial charge in [-0.3, -0.25) is 0 Å². The number of benzene rings is 2. The molecule has 0 aliphatic rings. The van der Waals surface area contributed by atoms with Gasteiger partial charge in [-0.05, 0) is 30.7 Å². The summed E-state index contributed by atoms with van der Waals surface area (Å²) >= 11 is 1.38. The Morgan fingerprint density at radius 1 is 1.17 bits per heavy atom. The molecule has 0 aliphatic heterocycles. The van der Waals surface area contributed by atoms with Gasteiger partial charge in [0.15, 0.2) is 0 Å². The van der Waals surface area contributed by atoms with Gasteiger partial charge in [0.25, 0.3) is 0 Å². The largest absolute Gasteiger partial charge is 0.507 e. The Kier molecular flexibility index (Phi) is 2.52. The summed E-state index contributed by atoms with van der Waals surface area (Å²) in [5, 5.41) is 10.3. The molecule has 1 aromatic heterocycles. The molecule has 0 aliphatic carbocycles. The predicted molar refractivity (Wildman–Crippen MR) is 71.4 cm³/mol. The third-order valence-corrected chi connectivity index (χ3v) is 3.86. The zero-order chi connectivity index (χ0) is 12.7. The van der Waals surface area contributed by atoms with Crippen LogP contribution in [0.25, 0.3) is 20.8 Å². The Balaban J connectivity index is 2.30. The SMILES string of the molecule is Cc1cccc2sc(-c3c(O)cccc3F)nc12. The number of fused-ring (bicyclic) bond motifs is 1. The number of rotatable bonds is 1. The molecule has 0 fully saturated rings. The lowest BCUT2D eigenvalue weighted by atomic mass is 10.2. The molecule has 2 aromatic carbocycles. The molecule has 1 heterocycles. The van der Waals surface area contributed by atoms with E-state index >= 15 is 0 Å². The van der Waals surface area contributed by atoms with E-state index in [1.807, 2.05) is 25.1 Å². The molecule has 0 atom stereocenters. The molecule has 3 rings (SSSR count). The molecule has 0 unspecified atom stereocenters. The smallest absolute Gasteiger partial charge is 0.137 e. The Morgan fingerprint density at radius 3 is 2.67 bits per heavy atom. The van der Waals surface area contributed by atoms with Crippen LogP contribution in [0.15, 0.2) is 36.4 Å². The summed E-state index contributed by atoms with van der Waals surface area (Å²) in [5.41, 5.74) is 2.09. The van der Waals surface area contributed by atoms with E-state index in [0.29, 0.717) is 5.01 Å². The second-order valence-electron chi connectivity index (χ2n) is 4.07. The van der Waals surface area contributed by atoms with Crippen LogP contribution in [-0.4, -0.2) is 10.1 Å². The lowest BCUT2D eigenvalue weighted by Gasteiger charge is -2.01. The van der Waals surface area contributed by atoms with E-state index in [9.17, 15) is 9.50 Å². The highest BCUT2D eigenvalue weighted by molar-refractivity contribution is 7.21. The summed E-state index contributed by atoms with van der Waals surface area (Å²) in [6.07, 6.45) is 0. The van der Waals surface area contributed by atoms with Gasteiger partial charge >= 0.3 is 0 Å². The molecule has 0 saturated carbocycles. The average molecular weight is 259 g/mol. The van der Waals surface area contributed by atoms with Crippen molar-refractivity contribution < 1.29 is 9.50 Å². The van der Waals surface area contributed by atoms with Crippen LogP contribution in [0.4, 0.5) is 4.39 Å². The molecule has 90 valence electrons. The van der Waals surface area contributed by atoms with Crippen molar-refractivity contribution in [2.24, 2.45) is 0 Å². The summed E-state index contributed by atoms with van der Waals surface area (Å²) in [6, 6.07) is 10.1. The first-order valence-electron chi connectivity index (χ1n) is 5.51. The minimum atomic E-state index is -0.452. The van der Waals surface area contributed by atoms with Gasteiger partial charge in [0.1, 0.15) is 16.6 Å². The van der Waals surface area contributed by atoms with E-state index < -0.39 is 5.82 Å². The van der Waals surface area contributed by atoms with Crippen molar-refractivity contribution in [3.63, 3.8) is 0 Å². The molecule has 3 aromatic rings. The van der Waals surface area contributed by atoms with Crippen LogP contribution in [0, 0.1) is 12.7 Å². The van der Waals surface area contributed by atoms with E-state index in [1.165, 1.54) is 29.5 Å². The second kappa shape index (κ2) is 4.07. The Hall–Kier alpha value is -1.94. The van der Waals surface area contributed by atoms with Crippen molar-refractivity contribution in [1.82, 2.24) is 4.98 Å². The second-order valence-corrected chi connectivity index (χ2v) is 5.11. The molecule has 4 heteroatoms. The van der Waals surface area contributed by atoms with Gasteiger partial charge in [0, 0.05) is 0 Å². The van der Waals surface area contributed by atoms with Gasteiger partial charge in [-0.15, -0.1) is 11.3 Å². The van der Waals surface area contributed by atoms with Crippen molar-refractivity contribution in [2.75, 3.05) is 0 Å². The number of nitrogens with zero attached hydrogens (tertiary/aromatic N) is 1. The summed E-state index contributed by atoms with van der Waals surface area (Å²) in [5.74, 6) is -0.529. The normalized spacial score (nSPS) is 11.0. The Labute approximate surface area is 107 Å². The van der Waals surface area contributed by atoms with Gasteiger partial charge in [-0.25, -0.2) is 9.37 Å². The van der Waals surface area contributed by atoms with Gasteiger partial charge in [0.2, 0.25) is 0 Å².